The van der Waals surface area contributed by atoms with Gasteiger partial charge >= 0.3 is 0 Å². The Bertz CT molecular complexity index is 1060. The van der Waals surface area contributed by atoms with Crippen molar-refractivity contribution in [2.24, 2.45) is 0 Å². The first kappa shape index (κ1) is 18.8. The highest BCUT2D eigenvalue weighted by Crippen LogP contribution is 2.32. The van der Waals surface area contributed by atoms with E-state index in [1.165, 1.54) is 6.08 Å². The molecule has 27 heavy (non-hydrogen) atoms. The summed E-state index contributed by atoms with van der Waals surface area (Å²) in [5.41, 5.74) is 2.24. The summed E-state index contributed by atoms with van der Waals surface area (Å²) in [6.45, 7) is 1.95. The lowest BCUT2D eigenvalue weighted by atomic mass is 10.2. The first-order valence-corrected chi connectivity index (χ1v) is 8.77. The van der Waals surface area contributed by atoms with Crippen LogP contribution in [-0.2, 0) is 4.79 Å². The van der Waals surface area contributed by atoms with Gasteiger partial charge in [0.25, 0.3) is 5.91 Å². The third-order valence-corrected chi connectivity index (χ3v) is 4.35. The molecule has 1 heterocycles. The van der Waals surface area contributed by atoms with Crippen LogP contribution in [0.15, 0.2) is 64.6 Å². The molecule has 0 atom stereocenters. The maximum atomic E-state index is 12.3. The second kappa shape index (κ2) is 8.13. The molecule has 1 N–H and O–H groups in total. The van der Waals surface area contributed by atoms with E-state index < -0.39 is 5.91 Å². The van der Waals surface area contributed by atoms with Gasteiger partial charge in [0, 0.05) is 22.3 Å². The first-order chi connectivity index (χ1) is 13.0. The van der Waals surface area contributed by atoms with Gasteiger partial charge in [-0.15, -0.1) is 0 Å². The highest BCUT2D eigenvalue weighted by atomic mass is 35.5. The van der Waals surface area contributed by atoms with E-state index in [-0.39, 0.29) is 5.57 Å². The third kappa shape index (κ3) is 4.59. The topological polar surface area (TPSA) is 66.0 Å². The number of halogens is 2. The molecule has 0 fully saturated rings. The summed E-state index contributed by atoms with van der Waals surface area (Å²) in [5, 5.41) is 13.0. The molecule has 1 aromatic heterocycles. The van der Waals surface area contributed by atoms with Gasteiger partial charge in [0.1, 0.15) is 23.2 Å². The maximum absolute atomic E-state index is 12.3. The molecule has 0 aliphatic rings. The number of rotatable bonds is 4. The van der Waals surface area contributed by atoms with E-state index in [1.807, 2.05) is 25.1 Å². The molecular formula is C21H14Cl2N2O2. The number of aryl methyl sites for hydroxylation is 1. The number of nitrogens with zero attached hydrogens (tertiary/aromatic N) is 1. The fraction of sp³-hybridized carbons (Fsp3) is 0.0476. The van der Waals surface area contributed by atoms with Gasteiger partial charge in [0.05, 0.1) is 5.02 Å². The molecular weight excluding hydrogens is 383 g/mol. The zero-order valence-corrected chi connectivity index (χ0v) is 15.8. The summed E-state index contributed by atoms with van der Waals surface area (Å²) < 4.78 is 5.70. The standard InChI is InChI=1S/C21H14Cl2N2O2/c1-13-2-5-16(6-3-13)25-21(26)14(12-24)10-17-7-9-20(27-17)18-11-15(22)4-8-19(18)23/h2-11H,1H3,(H,25,26). The number of furan rings is 1. The minimum Gasteiger partial charge on any atom is -0.457 e. The Morgan fingerprint density at radius 3 is 2.56 bits per heavy atom. The van der Waals surface area contributed by atoms with Crippen LogP contribution in [0, 0.1) is 18.3 Å². The van der Waals surface area contributed by atoms with E-state index in [2.05, 4.69) is 5.32 Å². The number of nitriles is 1. The number of hydrogen-bond acceptors (Lipinski definition) is 3. The van der Waals surface area contributed by atoms with E-state index in [0.29, 0.717) is 32.8 Å². The fourth-order valence-corrected chi connectivity index (χ4v) is 2.77. The third-order valence-electron chi connectivity index (χ3n) is 3.78. The van der Waals surface area contributed by atoms with Crippen molar-refractivity contribution in [2.45, 2.75) is 6.92 Å². The van der Waals surface area contributed by atoms with Crippen LogP contribution in [0.4, 0.5) is 5.69 Å². The van der Waals surface area contributed by atoms with Crippen LogP contribution in [0.3, 0.4) is 0 Å². The van der Waals surface area contributed by atoms with Crippen molar-refractivity contribution in [2.75, 3.05) is 5.32 Å². The summed E-state index contributed by atoms with van der Waals surface area (Å²) in [6, 6.07) is 17.6. The van der Waals surface area contributed by atoms with Crippen molar-refractivity contribution < 1.29 is 9.21 Å². The van der Waals surface area contributed by atoms with Gasteiger partial charge in [0.15, 0.2) is 0 Å². The van der Waals surface area contributed by atoms with Crippen LogP contribution in [-0.4, -0.2) is 5.91 Å². The minimum absolute atomic E-state index is 0.0753. The van der Waals surface area contributed by atoms with Gasteiger partial charge in [-0.3, -0.25) is 4.79 Å². The summed E-state index contributed by atoms with van der Waals surface area (Å²) in [4.78, 5) is 12.3. The molecule has 0 saturated carbocycles. The molecule has 0 bridgehead atoms. The van der Waals surface area contributed by atoms with E-state index in [1.54, 1.807) is 42.5 Å². The Kier molecular flexibility index (Phi) is 5.66. The fourth-order valence-electron chi connectivity index (χ4n) is 2.39. The van der Waals surface area contributed by atoms with Crippen molar-refractivity contribution in [1.29, 1.82) is 5.26 Å². The number of benzene rings is 2. The lowest BCUT2D eigenvalue weighted by Gasteiger charge is -2.04. The van der Waals surface area contributed by atoms with Crippen LogP contribution < -0.4 is 5.32 Å². The van der Waals surface area contributed by atoms with Crippen LogP contribution in [0.2, 0.25) is 10.0 Å². The number of carbonyl (C=O) groups excluding carboxylic acids is 1. The molecule has 3 aromatic rings. The largest absolute Gasteiger partial charge is 0.457 e. The number of nitrogens with one attached hydrogen (secondary N) is 1. The summed E-state index contributed by atoms with van der Waals surface area (Å²) in [7, 11) is 0. The number of amides is 1. The van der Waals surface area contributed by atoms with Crippen molar-refractivity contribution >= 4 is 40.9 Å². The van der Waals surface area contributed by atoms with Crippen LogP contribution in [0.1, 0.15) is 11.3 Å². The Balaban J connectivity index is 1.83. The number of hydrogen-bond donors (Lipinski definition) is 1. The zero-order valence-electron chi connectivity index (χ0n) is 14.3. The summed E-state index contributed by atoms with van der Waals surface area (Å²) in [6.07, 6.45) is 1.38. The normalized spacial score (nSPS) is 11.1. The number of carbonyl (C=O) groups is 1. The zero-order chi connectivity index (χ0) is 19.4. The van der Waals surface area contributed by atoms with Crippen LogP contribution in [0.25, 0.3) is 17.4 Å². The molecule has 0 unspecified atom stereocenters. The van der Waals surface area contributed by atoms with Gasteiger partial charge < -0.3 is 9.73 Å². The van der Waals surface area contributed by atoms with Crippen molar-refractivity contribution in [1.82, 2.24) is 0 Å². The number of anilines is 1. The van der Waals surface area contributed by atoms with Gasteiger partial charge in [-0.2, -0.15) is 5.26 Å². The Morgan fingerprint density at radius 2 is 1.85 bits per heavy atom. The molecule has 0 aliphatic carbocycles. The van der Waals surface area contributed by atoms with Gasteiger partial charge in [-0.25, -0.2) is 0 Å². The van der Waals surface area contributed by atoms with Gasteiger partial charge in [-0.05, 0) is 49.4 Å². The molecule has 0 radical (unpaired) electrons. The predicted molar refractivity (Wildman–Crippen MR) is 108 cm³/mol. The average molecular weight is 397 g/mol. The second-order valence-electron chi connectivity index (χ2n) is 5.82. The van der Waals surface area contributed by atoms with Gasteiger partial charge in [-0.1, -0.05) is 40.9 Å². The first-order valence-electron chi connectivity index (χ1n) is 8.01. The Morgan fingerprint density at radius 1 is 1.11 bits per heavy atom. The van der Waals surface area contributed by atoms with E-state index in [9.17, 15) is 10.1 Å². The van der Waals surface area contributed by atoms with Gasteiger partial charge in [0.2, 0.25) is 0 Å². The van der Waals surface area contributed by atoms with E-state index in [0.717, 1.165) is 5.56 Å². The van der Waals surface area contributed by atoms with E-state index in [4.69, 9.17) is 27.6 Å². The smallest absolute Gasteiger partial charge is 0.266 e. The molecule has 3 rings (SSSR count). The highest BCUT2D eigenvalue weighted by Gasteiger charge is 2.13. The second-order valence-corrected chi connectivity index (χ2v) is 6.66. The highest BCUT2D eigenvalue weighted by molar-refractivity contribution is 6.35. The molecule has 134 valence electrons. The molecule has 0 aliphatic heterocycles. The minimum atomic E-state index is -0.514. The quantitative estimate of drug-likeness (QED) is 0.427. The van der Waals surface area contributed by atoms with Crippen LogP contribution in [0.5, 0.6) is 0 Å². The SMILES string of the molecule is Cc1ccc(NC(=O)C(C#N)=Cc2ccc(-c3cc(Cl)ccc3Cl)o2)cc1. The summed E-state index contributed by atoms with van der Waals surface area (Å²) in [5.74, 6) is 0.335. The van der Waals surface area contributed by atoms with Crippen LogP contribution >= 0.6 is 23.2 Å². The predicted octanol–water partition coefficient (Wildman–Crippen LogP) is 6.11. The van der Waals surface area contributed by atoms with E-state index >= 15 is 0 Å². The van der Waals surface area contributed by atoms with Crippen molar-refractivity contribution in [3.63, 3.8) is 0 Å². The molecule has 0 saturated heterocycles. The summed E-state index contributed by atoms with van der Waals surface area (Å²) >= 11 is 12.2. The lowest BCUT2D eigenvalue weighted by Crippen LogP contribution is -2.13. The Labute approximate surface area is 166 Å². The Hall–Kier alpha value is -3.00. The maximum Gasteiger partial charge on any atom is 0.266 e. The molecule has 0 spiro atoms. The monoisotopic (exact) mass is 396 g/mol. The average Bonchev–Trinajstić information content (AvgIpc) is 3.12. The molecule has 4 nitrogen and oxygen atoms in total. The molecule has 1 amide bonds. The molecule has 6 heteroatoms. The van der Waals surface area contributed by atoms with Crippen molar-refractivity contribution in [3.8, 4) is 17.4 Å². The van der Waals surface area contributed by atoms with Crippen molar-refractivity contribution in [3.05, 3.63) is 81.5 Å². The lowest BCUT2D eigenvalue weighted by molar-refractivity contribution is -0.112. The molecule has 2 aromatic carbocycles.